The number of aliphatic carboxylic acids is 1. The SMILES string of the molecule is Cc1ccc(-c2cccc(CC(NC(=O)OCC3c4ccccc4-c4ccccc43)C(=O)O)c2)cc1. The maximum atomic E-state index is 12.7. The fourth-order valence-electron chi connectivity index (χ4n) is 4.84. The summed E-state index contributed by atoms with van der Waals surface area (Å²) in [6.07, 6.45) is -0.585. The van der Waals surface area contributed by atoms with Gasteiger partial charge in [0.05, 0.1) is 0 Å². The standard InChI is InChI=1S/C31H27NO4/c1-20-13-15-22(16-14-20)23-8-6-7-21(17-23)18-29(30(33)34)32-31(35)36-19-28-26-11-4-2-9-24(26)25-10-3-5-12-27(25)28/h2-17,28-29H,18-19H2,1H3,(H,32,35)(H,33,34). The Balaban J connectivity index is 1.26. The predicted octanol–water partition coefficient (Wildman–Crippen LogP) is 6.20. The van der Waals surface area contributed by atoms with Crippen molar-refractivity contribution < 1.29 is 19.4 Å². The number of carboxylic acids is 1. The van der Waals surface area contributed by atoms with E-state index in [-0.39, 0.29) is 18.9 Å². The summed E-state index contributed by atoms with van der Waals surface area (Å²) in [5.74, 6) is -1.19. The average molecular weight is 478 g/mol. The number of carbonyl (C=O) groups is 2. The summed E-state index contributed by atoms with van der Waals surface area (Å²) in [7, 11) is 0. The van der Waals surface area contributed by atoms with Gasteiger partial charge in [-0.25, -0.2) is 9.59 Å². The quantitative estimate of drug-likeness (QED) is 0.332. The molecule has 2 N–H and O–H groups in total. The smallest absolute Gasteiger partial charge is 0.407 e. The first-order valence-electron chi connectivity index (χ1n) is 12.0. The number of hydrogen-bond donors (Lipinski definition) is 2. The van der Waals surface area contributed by atoms with Crippen LogP contribution in [0.5, 0.6) is 0 Å². The first-order valence-corrected chi connectivity index (χ1v) is 12.0. The Kier molecular flexibility index (Phi) is 6.54. The van der Waals surface area contributed by atoms with Crippen molar-refractivity contribution >= 4 is 12.1 Å². The molecule has 0 heterocycles. The summed E-state index contributed by atoms with van der Waals surface area (Å²) in [5, 5.41) is 12.3. The van der Waals surface area contributed by atoms with E-state index in [4.69, 9.17) is 4.74 Å². The minimum absolute atomic E-state index is 0.0855. The fourth-order valence-corrected chi connectivity index (χ4v) is 4.84. The molecule has 5 nitrogen and oxygen atoms in total. The van der Waals surface area contributed by atoms with E-state index in [1.54, 1.807) is 0 Å². The maximum Gasteiger partial charge on any atom is 0.407 e. The van der Waals surface area contributed by atoms with Crippen LogP contribution in [0, 0.1) is 6.92 Å². The number of aryl methyl sites for hydroxylation is 1. The van der Waals surface area contributed by atoms with Gasteiger partial charge in [0.1, 0.15) is 12.6 Å². The normalized spacial score (nSPS) is 12.9. The zero-order chi connectivity index (χ0) is 25.1. The molecule has 0 spiro atoms. The van der Waals surface area contributed by atoms with Gasteiger partial charge in [0.15, 0.2) is 0 Å². The van der Waals surface area contributed by atoms with Gasteiger partial charge in [-0.15, -0.1) is 0 Å². The second kappa shape index (κ2) is 10.1. The Morgan fingerprint density at radius 1 is 0.833 bits per heavy atom. The predicted molar refractivity (Wildman–Crippen MR) is 140 cm³/mol. The summed E-state index contributed by atoms with van der Waals surface area (Å²) in [6.45, 7) is 2.17. The Bertz CT molecular complexity index is 1360. The summed E-state index contributed by atoms with van der Waals surface area (Å²) in [4.78, 5) is 24.6. The molecule has 1 aliphatic carbocycles. The van der Waals surface area contributed by atoms with Crippen molar-refractivity contribution in [3.8, 4) is 22.3 Å². The van der Waals surface area contributed by atoms with Crippen molar-refractivity contribution in [3.05, 3.63) is 119 Å². The third-order valence-electron chi connectivity index (χ3n) is 6.69. The van der Waals surface area contributed by atoms with Crippen molar-refractivity contribution in [2.75, 3.05) is 6.61 Å². The van der Waals surface area contributed by atoms with E-state index >= 15 is 0 Å². The molecule has 4 aromatic rings. The Morgan fingerprint density at radius 3 is 2.11 bits per heavy atom. The largest absolute Gasteiger partial charge is 0.480 e. The molecule has 0 aliphatic heterocycles. The Labute approximate surface area is 210 Å². The maximum absolute atomic E-state index is 12.7. The van der Waals surface area contributed by atoms with Gasteiger partial charge in [-0.05, 0) is 45.9 Å². The van der Waals surface area contributed by atoms with E-state index in [0.29, 0.717) is 0 Å². The summed E-state index contributed by atoms with van der Waals surface area (Å²) in [5.41, 5.74) is 8.53. The molecule has 4 aromatic carbocycles. The lowest BCUT2D eigenvalue weighted by molar-refractivity contribution is -0.139. The van der Waals surface area contributed by atoms with Gasteiger partial charge in [-0.2, -0.15) is 0 Å². The molecule has 0 aromatic heterocycles. The topological polar surface area (TPSA) is 75.6 Å². The van der Waals surface area contributed by atoms with Gasteiger partial charge >= 0.3 is 12.1 Å². The van der Waals surface area contributed by atoms with Crippen LogP contribution < -0.4 is 5.32 Å². The van der Waals surface area contributed by atoms with Crippen LogP contribution in [0.25, 0.3) is 22.3 Å². The van der Waals surface area contributed by atoms with E-state index in [0.717, 1.165) is 38.9 Å². The van der Waals surface area contributed by atoms with Gasteiger partial charge < -0.3 is 15.2 Å². The van der Waals surface area contributed by atoms with Crippen LogP contribution in [0.15, 0.2) is 97.1 Å². The first kappa shape index (κ1) is 23.4. The molecule has 5 rings (SSSR count). The van der Waals surface area contributed by atoms with Crippen LogP contribution in [-0.4, -0.2) is 29.8 Å². The van der Waals surface area contributed by atoms with Crippen molar-refractivity contribution in [2.45, 2.75) is 25.3 Å². The molecule has 0 radical (unpaired) electrons. The molecule has 1 unspecified atom stereocenters. The Hall–Kier alpha value is -4.38. The van der Waals surface area contributed by atoms with Gasteiger partial charge in [0.25, 0.3) is 0 Å². The molecule has 1 amide bonds. The number of alkyl carbamates (subject to hydrolysis) is 1. The fraction of sp³-hybridized carbons (Fsp3) is 0.161. The highest BCUT2D eigenvalue weighted by Crippen LogP contribution is 2.44. The number of rotatable bonds is 7. The lowest BCUT2D eigenvalue weighted by Crippen LogP contribution is -2.42. The number of ether oxygens (including phenoxy) is 1. The molecule has 180 valence electrons. The zero-order valence-electron chi connectivity index (χ0n) is 20.0. The molecule has 0 fully saturated rings. The van der Waals surface area contributed by atoms with Crippen LogP contribution in [0.3, 0.4) is 0 Å². The highest BCUT2D eigenvalue weighted by Gasteiger charge is 2.29. The molecule has 1 atom stereocenters. The number of nitrogens with one attached hydrogen (secondary N) is 1. The molecule has 0 bridgehead atoms. The zero-order valence-corrected chi connectivity index (χ0v) is 20.0. The first-order chi connectivity index (χ1) is 17.5. The van der Waals surface area contributed by atoms with E-state index in [2.05, 4.69) is 17.4 Å². The lowest BCUT2D eigenvalue weighted by atomic mass is 9.98. The molecule has 1 aliphatic rings. The minimum Gasteiger partial charge on any atom is -0.480 e. The molecule has 0 saturated heterocycles. The molecule has 5 heteroatoms. The van der Waals surface area contributed by atoms with E-state index < -0.39 is 18.1 Å². The van der Waals surface area contributed by atoms with Crippen LogP contribution in [0.1, 0.15) is 28.2 Å². The number of amides is 1. The minimum atomic E-state index is -1.11. The van der Waals surface area contributed by atoms with Gasteiger partial charge in [-0.1, -0.05) is 103 Å². The highest BCUT2D eigenvalue weighted by molar-refractivity contribution is 5.81. The van der Waals surface area contributed by atoms with Crippen LogP contribution in [0.2, 0.25) is 0 Å². The van der Waals surface area contributed by atoms with E-state index in [1.165, 1.54) is 5.56 Å². The second-order valence-electron chi connectivity index (χ2n) is 9.13. The molecule has 36 heavy (non-hydrogen) atoms. The number of fused-ring (bicyclic) bond motifs is 3. The number of benzene rings is 4. The molecular formula is C31H27NO4. The van der Waals surface area contributed by atoms with E-state index in [9.17, 15) is 14.7 Å². The summed E-state index contributed by atoms with van der Waals surface area (Å²) < 4.78 is 5.55. The molecular weight excluding hydrogens is 450 g/mol. The lowest BCUT2D eigenvalue weighted by Gasteiger charge is -2.18. The van der Waals surface area contributed by atoms with Gasteiger partial charge in [0.2, 0.25) is 0 Å². The van der Waals surface area contributed by atoms with Crippen molar-refractivity contribution in [1.29, 1.82) is 0 Å². The Morgan fingerprint density at radius 2 is 1.47 bits per heavy atom. The number of carboxylic acid groups (broad SMARTS) is 1. The second-order valence-corrected chi connectivity index (χ2v) is 9.13. The number of hydrogen-bond acceptors (Lipinski definition) is 3. The number of carbonyl (C=O) groups excluding carboxylic acids is 1. The van der Waals surface area contributed by atoms with Crippen molar-refractivity contribution in [2.24, 2.45) is 0 Å². The summed E-state index contributed by atoms with van der Waals surface area (Å²) >= 11 is 0. The third kappa shape index (κ3) is 4.86. The van der Waals surface area contributed by atoms with Crippen molar-refractivity contribution in [3.63, 3.8) is 0 Å². The van der Waals surface area contributed by atoms with Gasteiger partial charge in [0, 0.05) is 12.3 Å². The monoisotopic (exact) mass is 477 g/mol. The van der Waals surface area contributed by atoms with Crippen LogP contribution in [-0.2, 0) is 16.0 Å². The van der Waals surface area contributed by atoms with Crippen LogP contribution in [0.4, 0.5) is 4.79 Å². The average Bonchev–Trinajstić information content (AvgIpc) is 3.21. The van der Waals surface area contributed by atoms with Gasteiger partial charge in [-0.3, -0.25) is 0 Å². The van der Waals surface area contributed by atoms with Crippen molar-refractivity contribution in [1.82, 2.24) is 5.32 Å². The summed E-state index contributed by atoms with van der Waals surface area (Å²) in [6, 6.07) is 30.9. The molecule has 0 saturated carbocycles. The third-order valence-corrected chi connectivity index (χ3v) is 6.69. The highest BCUT2D eigenvalue weighted by atomic mass is 16.5. The van der Waals surface area contributed by atoms with E-state index in [1.807, 2.05) is 91.9 Å². The van der Waals surface area contributed by atoms with Crippen LogP contribution >= 0.6 is 0 Å².